The van der Waals surface area contributed by atoms with Gasteiger partial charge in [-0.3, -0.25) is 25.0 Å². The fourth-order valence-corrected chi connectivity index (χ4v) is 3.23. The summed E-state index contributed by atoms with van der Waals surface area (Å²) in [6, 6.07) is 12.5. The van der Waals surface area contributed by atoms with E-state index in [0.717, 1.165) is 19.4 Å². The highest BCUT2D eigenvalue weighted by Crippen LogP contribution is 2.14. The summed E-state index contributed by atoms with van der Waals surface area (Å²) >= 11 is 5.13. The monoisotopic (exact) mass is 454 g/mol. The smallest absolute Gasteiger partial charge is 0.269 e. The molecule has 2 aromatic rings. The Morgan fingerprint density at radius 3 is 2.50 bits per heavy atom. The van der Waals surface area contributed by atoms with Crippen molar-refractivity contribution in [3.8, 4) is 0 Å². The minimum Gasteiger partial charge on any atom is -0.376 e. The Labute approximate surface area is 190 Å². The van der Waals surface area contributed by atoms with Crippen LogP contribution in [-0.2, 0) is 9.53 Å². The maximum Gasteiger partial charge on any atom is 0.269 e. The molecule has 1 heterocycles. The lowest BCUT2D eigenvalue weighted by Crippen LogP contribution is -2.33. The van der Waals surface area contributed by atoms with Gasteiger partial charge in [-0.05, 0) is 73.1 Å². The first-order valence-corrected chi connectivity index (χ1v) is 10.4. The van der Waals surface area contributed by atoms with E-state index in [1.165, 1.54) is 36.4 Å². The molecule has 10 heteroatoms. The zero-order valence-corrected chi connectivity index (χ0v) is 17.9. The average Bonchev–Trinajstić information content (AvgIpc) is 3.30. The van der Waals surface area contributed by atoms with Gasteiger partial charge in [-0.15, -0.1) is 0 Å². The van der Waals surface area contributed by atoms with E-state index in [9.17, 15) is 19.7 Å². The molecule has 166 valence electrons. The summed E-state index contributed by atoms with van der Waals surface area (Å²) in [4.78, 5) is 34.4. The number of hydrogen-bond acceptors (Lipinski definition) is 6. The van der Waals surface area contributed by atoms with Crippen LogP contribution in [0.15, 0.2) is 54.6 Å². The molecule has 1 aliphatic heterocycles. The summed E-state index contributed by atoms with van der Waals surface area (Å²) in [5.74, 6) is -0.634. The van der Waals surface area contributed by atoms with Gasteiger partial charge >= 0.3 is 0 Å². The van der Waals surface area contributed by atoms with Crippen molar-refractivity contribution >= 4 is 46.6 Å². The topological polar surface area (TPSA) is 123 Å². The highest BCUT2D eigenvalue weighted by Gasteiger charge is 2.16. The van der Waals surface area contributed by atoms with Crippen LogP contribution in [0.25, 0.3) is 6.08 Å². The number of nitro benzene ring substituents is 1. The quantitative estimate of drug-likeness (QED) is 0.254. The number of anilines is 1. The number of benzene rings is 2. The molecular weight excluding hydrogens is 432 g/mol. The van der Waals surface area contributed by atoms with E-state index in [-0.39, 0.29) is 22.8 Å². The van der Waals surface area contributed by atoms with Crippen molar-refractivity contribution in [2.75, 3.05) is 18.5 Å². The van der Waals surface area contributed by atoms with E-state index in [1.54, 1.807) is 24.3 Å². The van der Waals surface area contributed by atoms with Crippen molar-refractivity contribution in [2.24, 2.45) is 0 Å². The van der Waals surface area contributed by atoms with E-state index in [1.807, 2.05) is 0 Å². The molecule has 2 amide bonds. The molecule has 32 heavy (non-hydrogen) atoms. The van der Waals surface area contributed by atoms with Gasteiger partial charge in [0.1, 0.15) is 0 Å². The Morgan fingerprint density at radius 2 is 1.88 bits per heavy atom. The number of amides is 2. The van der Waals surface area contributed by atoms with Crippen LogP contribution in [0, 0.1) is 10.1 Å². The first-order chi connectivity index (χ1) is 15.4. The number of carbonyl (C=O) groups excluding carboxylic acids is 2. The molecule has 0 aliphatic carbocycles. The van der Waals surface area contributed by atoms with Crippen LogP contribution in [0.3, 0.4) is 0 Å². The van der Waals surface area contributed by atoms with Gasteiger partial charge in [-0.2, -0.15) is 0 Å². The third-order valence-electron chi connectivity index (χ3n) is 4.69. The van der Waals surface area contributed by atoms with Crippen LogP contribution in [0.2, 0.25) is 0 Å². The SMILES string of the molecule is O=C(/C=C/c1ccc([N+](=O)[O-])cc1)NC(=S)Nc1ccc(C(=O)NCC2CCCO2)cc1. The number of ether oxygens (including phenoxy) is 1. The predicted octanol–water partition coefficient (Wildman–Crippen LogP) is 3.03. The summed E-state index contributed by atoms with van der Waals surface area (Å²) in [6.45, 7) is 1.23. The molecule has 3 N–H and O–H groups in total. The van der Waals surface area contributed by atoms with Gasteiger partial charge in [0.05, 0.1) is 11.0 Å². The maximum absolute atomic E-state index is 12.2. The van der Waals surface area contributed by atoms with E-state index in [4.69, 9.17) is 17.0 Å². The van der Waals surface area contributed by atoms with Crippen molar-refractivity contribution in [1.29, 1.82) is 0 Å². The molecule has 3 rings (SSSR count). The molecule has 1 saturated heterocycles. The minimum atomic E-state index is -0.491. The Kier molecular flexibility index (Phi) is 8.01. The number of carbonyl (C=O) groups is 2. The van der Waals surface area contributed by atoms with Crippen molar-refractivity contribution in [3.05, 3.63) is 75.8 Å². The Bertz CT molecular complexity index is 1020. The largest absolute Gasteiger partial charge is 0.376 e. The second-order valence-electron chi connectivity index (χ2n) is 7.05. The zero-order chi connectivity index (χ0) is 22.9. The Balaban J connectivity index is 1.44. The van der Waals surface area contributed by atoms with Gasteiger partial charge in [0.15, 0.2) is 5.11 Å². The molecule has 2 aromatic carbocycles. The Hall–Kier alpha value is -3.63. The third kappa shape index (κ3) is 6.96. The van der Waals surface area contributed by atoms with Gasteiger partial charge in [0.2, 0.25) is 5.91 Å². The van der Waals surface area contributed by atoms with E-state index < -0.39 is 10.8 Å². The summed E-state index contributed by atoms with van der Waals surface area (Å²) in [7, 11) is 0. The number of hydrogen-bond donors (Lipinski definition) is 3. The van der Waals surface area contributed by atoms with Crippen molar-refractivity contribution in [2.45, 2.75) is 18.9 Å². The van der Waals surface area contributed by atoms with E-state index in [2.05, 4.69) is 16.0 Å². The molecule has 1 atom stereocenters. The second kappa shape index (κ2) is 11.1. The molecule has 0 aromatic heterocycles. The number of thiocarbonyl (C=S) groups is 1. The fraction of sp³-hybridized carbons (Fsp3) is 0.227. The van der Waals surface area contributed by atoms with Crippen LogP contribution in [0.4, 0.5) is 11.4 Å². The molecule has 0 spiro atoms. The van der Waals surface area contributed by atoms with Crippen LogP contribution in [-0.4, -0.2) is 41.1 Å². The maximum atomic E-state index is 12.2. The molecular formula is C22H22N4O5S. The van der Waals surface area contributed by atoms with Crippen LogP contribution < -0.4 is 16.0 Å². The highest BCUT2D eigenvalue weighted by atomic mass is 32.1. The number of nitrogens with zero attached hydrogens (tertiary/aromatic N) is 1. The van der Waals surface area contributed by atoms with Gasteiger partial charge < -0.3 is 15.4 Å². The van der Waals surface area contributed by atoms with Crippen molar-refractivity contribution in [1.82, 2.24) is 10.6 Å². The third-order valence-corrected chi connectivity index (χ3v) is 4.89. The standard InChI is InChI=1S/C22H22N4O5S/c27-20(12-5-15-3-10-18(11-4-15)26(29)30)25-22(32)24-17-8-6-16(7-9-17)21(28)23-14-19-2-1-13-31-19/h3-12,19H,1-2,13-14H2,(H,23,28)(H2,24,25,27,32)/b12-5+. The normalized spacial score (nSPS) is 15.3. The van der Waals surface area contributed by atoms with Crippen molar-refractivity contribution in [3.63, 3.8) is 0 Å². The average molecular weight is 455 g/mol. The number of nitrogens with one attached hydrogen (secondary N) is 3. The van der Waals surface area contributed by atoms with Crippen LogP contribution >= 0.6 is 12.2 Å². The molecule has 9 nitrogen and oxygen atoms in total. The van der Waals surface area contributed by atoms with Crippen LogP contribution in [0.1, 0.15) is 28.8 Å². The highest BCUT2D eigenvalue weighted by molar-refractivity contribution is 7.80. The predicted molar refractivity (Wildman–Crippen MR) is 124 cm³/mol. The molecule has 0 saturated carbocycles. The molecule has 1 unspecified atom stereocenters. The van der Waals surface area contributed by atoms with E-state index in [0.29, 0.717) is 23.4 Å². The van der Waals surface area contributed by atoms with Gasteiger partial charge in [-0.1, -0.05) is 0 Å². The molecule has 0 bridgehead atoms. The first-order valence-electron chi connectivity index (χ1n) is 9.95. The Morgan fingerprint density at radius 1 is 1.16 bits per heavy atom. The molecule has 0 radical (unpaired) electrons. The van der Waals surface area contributed by atoms with Crippen LogP contribution in [0.5, 0.6) is 0 Å². The first kappa shape index (κ1) is 23.0. The number of nitro groups is 1. The summed E-state index contributed by atoms with van der Waals surface area (Å²) < 4.78 is 5.49. The molecule has 1 fully saturated rings. The van der Waals surface area contributed by atoms with Gasteiger partial charge in [-0.25, -0.2) is 0 Å². The van der Waals surface area contributed by atoms with Gasteiger partial charge in [0.25, 0.3) is 11.6 Å². The minimum absolute atomic E-state index is 0.0247. The van der Waals surface area contributed by atoms with E-state index >= 15 is 0 Å². The number of rotatable bonds is 7. The lowest BCUT2D eigenvalue weighted by Gasteiger charge is -2.11. The summed E-state index contributed by atoms with van der Waals surface area (Å²) in [5.41, 5.74) is 1.74. The zero-order valence-electron chi connectivity index (χ0n) is 17.1. The number of non-ortho nitro benzene ring substituents is 1. The fourth-order valence-electron chi connectivity index (χ4n) is 3.01. The lowest BCUT2D eigenvalue weighted by molar-refractivity contribution is -0.384. The van der Waals surface area contributed by atoms with Crippen molar-refractivity contribution < 1.29 is 19.2 Å². The summed E-state index contributed by atoms with van der Waals surface area (Å²) in [6.07, 6.45) is 4.84. The van der Waals surface area contributed by atoms with Gasteiger partial charge in [0, 0.05) is 42.6 Å². The molecule has 1 aliphatic rings. The summed E-state index contributed by atoms with van der Waals surface area (Å²) in [5, 5.41) is 19.0. The lowest BCUT2D eigenvalue weighted by atomic mass is 10.2. The second-order valence-corrected chi connectivity index (χ2v) is 7.46.